The van der Waals surface area contributed by atoms with Crippen LogP contribution in [-0.4, -0.2) is 49.7 Å². The van der Waals surface area contributed by atoms with Crippen molar-refractivity contribution < 1.29 is 19.8 Å². The Morgan fingerprint density at radius 3 is 2.56 bits per heavy atom. The molecule has 0 saturated heterocycles. The number of primary amides is 1. The van der Waals surface area contributed by atoms with Gasteiger partial charge in [0, 0.05) is 17.8 Å². The van der Waals surface area contributed by atoms with E-state index in [0.29, 0.717) is 36.4 Å². The lowest BCUT2D eigenvalue weighted by Crippen LogP contribution is -2.52. The highest BCUT2D eigenvalue weighted by molar-refractivity contribution is 5.97. The quantitative estimate of drug-likeness (QED) is 0.364. The number of fused-ring (bicyclic) bond motifs is 1. The van der Waals surface area contributed by atoms with Crippen molar-refractivity contribution in [3.8, 4) is 0 Å². The van der Waals surface area contributed by atoms with E-state index in [9.17, 15) is 19.8 Å². The fourth-order valence-electron chi connectivity index (χ4n) is 5.11. The molecular formula is C28H34N4O4. The minimum atomic E-state index is -1.25. The molecule has 3 atom stereocenters. The van der Waals surface area contributed by atoms with E-state index in [-0.39, 0.29) is 6.42 Å². The van der Waals surface area contributed by atoms with E-state index in [2.05, 4.69) is 22.2 Å². The fourth-order valence-corrected chi connectivity index (χ4v) is 5.11. The summed E-state index contributed by atoms with van der Waals surface area (Å²) in [6, 6.07) is 14.1. The SMILES string of the molecule is CC1CCC(O)(C(CC(O)C(Cc2ccccc2)NC(=O)c2cnc3ncccc3c2)C(N)=O)CC1. The maximum atomic E-state index is 13.2. The van der Waals surface area contributed by atoms with Gasteiger partial charge >= 0.3 is 0 Å². The molecule has 1 aromatic carbocycles. The molecule has 1 saturated carbocycles. The topological polar surface area (TPSA) is 138 Å². The number of benzene rings is 1. The van der Waals surface area contributed by atoms with Gasteiger partial charge in [-0.15, -0.1) is 0 Å². The molecule has 1 aliphatic rings. The van der Waals surface area contributed by atoms with Crippen molar-refractivity contribution in [2.24, 2.45) is 17.6 Å². The lowest BCUT2D eigenvalue weighted by molar-refractivity contribution is -0.138. The number of carbonyl (C=O) groups is 2. The molecule has 3 unspecified atom stereocenters. The first-order chi connectivity index (χ1) is 17.2. The zero-order chi connectivity index (χ0) is 25.7. The minimum absolute atomic E-state index is 0.0438. The molecule has 2 aromatic heterocycles. The molecule has 0 aliphatic heterocycles. The predicted molar refractivity (Wildman–Crippen MR) is 137 cm³/mol. The van der Waals surface area contributed by atoms with E-state index in [4.69, 9.17) is 5.73 Å². The molecule has 1 aliphatic carbocycles. The van der Waals surface area contributed by atoms with Gasteiger partial charge in [-0.3, -0.25) is 9.59 Å². The van der Waals surface area contributed by atoms with Gasteiger partial charge in [0.1, 0.15) is 0 Å². The van der Waals surface area contributed by atoms with E-state index in [1.807, 2.05) is 36.4 Å². The van der Waals surface area contributed by atoms with Crippen LogP contribution in [-0.2, 0) is 11.2 Å². The Bertz CT molecular complexity index is 1190. The van der Waals surface area contributed by atoms with Crippen molar-refractivity contribution >= 4 is 22.8 Å². The summed E-state index contributed by atoms with van der Waals surface area (Å²) >= 11 is 0. The molecule has 0 radical (unpaired) electrons. The van der Waals surface area contributed by atoms with Crippen LogP contribution < -0.4 is 11.1 Å². The van der Waals surface area contributed by atoms with E-state index in [1.54, 1.807) is 18.3 Å². The van der Waals surface area contributed by atoms with Gasteiger partial charge in [0.05, 0.1) is 29.2 Å². The number of nitrogens with zero attached hydrogens (tertiary/aromatic N) is 2. The summed E-state index contributed by atoms with van der Waals surface area (Å²) in [5, 5.41) is 26.2. The van der Waals surface area contributed by atoms with Crippen molar-refractivity contribution in [3.63, 3.8) is 0 Å². The van der Waals surface area contributed by atoms with Crippen LogP contribution in [0.2, 0.25) is 0 Å². The zero-order valence-electron chi connectivity index (χ0n) is 20.5. The van der Waals surface area contributed by atoms with Gasteiger partial charge in [-0.05, 0) is 68.2 Å². The van der Waals surface area contributed by atoms with Crippen molar-refractivity contribution in [3.05, 3.63) is 72.1 Å². The van der Waals surface area contributed by atoms with Gasteiger partial charge in [0.2, 0.25) is 5.91 Å². The monoisotopic (exact) mass is 490 g/mol. The van der Waals surface area contributed by atoms with Crippen LogP contribution in [0.3, 0.4) is 0 Å². The first-order valence-corrected chi connectivity index (χ1v) is 12.5. The summed E-state index contributed by atoms with van der Waals surface area (Å²) in [4.78, 5) is 34.0. The Morgan fingerprint density at radius 2 is 1.86 bits per heavy atom. The van der Waals surface area contributed by atoms with Crippen LogP contribution in [0.1, 0.15) is 54.9 Å². The van der Waals surface area contributed by atoms with Crippen molar-refractivity contribution in [2.45, 2.75) is 63.2 Å². The fraction of sp³-hybridized carbons (Fsp3) is 0.429. The molecule has 0 spiro atoms. The van der Waals surface area contributed by atoms with E-state index in [0.717, 1.165) is 23.8 Å². The van der Waals surface area contributed by atoms with E-state index >= 15 is 0 Å². The molecule has 190 valence electrons. The summed E-state index contributed by atoms with van der Waals surface area (Å²) in [5.41, 5.74) is 6.26. The number of nitrogens with two attached hydrogens (primary N) is 1. The Kier molecular flexibility index (Phi) is 7.96. The third-order valence-corrected chi connectivity index (χ3v) is 7.40. The molecular weight excluding hydrogens is 456 g/mol. The Hall–Kier alpha value is -3.36. The summed E-state index contributed by atoms with van der Waals surface area (Å²) in [6.07, 6.45) is 4.79. The van der Waals surface area contributed by atoms with E-state index in [1.165, 1.54) is 6.20 Å². The molecule has 1 fully saturated rings. The third-order valence-electron chi connectivity index (χ3n) is 7.40. The molecule has 5 N–H and O–H groups in total. The van der Waals surface area contributed by atoms with Crippen LogP contribution in [0.25, 0.3) is 11.0 Å². The molecule has 0 bridgehead atoms. The summed E-state index contributed by atoms with van der Waals surface area (Å²) < 4.78 is 0. The van der Waals surface area contributed by atoms with Gasteiger partial charge in [-0.2, -0.15) is 0 Å². The predicted octanol–water partition coefficient (Wildman–Crippen LogP) is 2.76. The van der Waals surface area contributed by atoms with Crippen LogP contribution >= 0.6 is 0 Å². The highest BCUT2D eigenvalue weighted by atomic mass is 16.3. The number of aliphatic hydroxyl groups is 2. The summed E-state index contributed by atoms with van der Waals surface area (Å²) in [6.45, 7) is 2.12. The molecule has 2 amide bonds. The highest BCUT2D eigenvalue weighted by Crippen LogP contribution is 2.39. The van der Waals surface area contributed by atoms with Crippen molar-refractivity contribution in [1.82, 2.24) is 15.3 Å². The summed E-state index contributed by atoms with van der Waals surface area (Å²) in [5.74, 6) is -1.47. The van der Waals surface area contributed by atoms with Gasteiger partial charge in [-0.1, -0.05) is 37.3 Å². The first kappa shape index (κ1) is 25.7. The Morgan fingerprint density at radius 1 is 1.14 bits per heavy atom. The number of carbonyl (C=O) groups excluding carboxylic acids is 2. The number of aliphatic hydroxyl groups excluding tert-OH is 1. The third kappa shape index (κ3) is 6.06. The number of hydrogen-bond donors (Lipinski definition) is 4. The standard InChI is InChI=1S/C28H34N4O4/c1-18-9-11-28(36,12-10-18)22(25(29)34)16-24(33)23(14-19-6-3-2-4-7-19)32-27(35)21-15-20-8-5-13-30-26(20)31-17-21/h2-8,13,15,17-18,22-24,33,36H,9-12,14,16H2,1H3,(H2,29,34)(H,32,35). The molecule has 8 heteroatoms. The van der Waals surface area contributed by atoms with Crippen LogP contribution in [0.4, 0.5) is 0 Å². The van der Waals surface area contributed by atoms with Crippen LogP contribution in [0.15, 0.2) is 60.9 Å². The first-order valence-electron chi connectivity index (χ1n) is 12.5. The average molecular weight is 491 g/mol. The summed E-state index contributed by atoms with van der Waals surface area (Å²) in [7, 11) is 0. The number of pyridine rings is 2. The van der Waals surface area contributed by atoms with Gasteiger partial charge in [0.15, 0.2) is 5.65 Å². The lowest BCUT2D eigenvalue weighted by Gasteiger charge is -2.41. The maximum absolute atomic E-state index is 13.2. The number of nitrogens with one attached hydrogen (secondary N) is 1. The Labute approximate surface area is 211 Å². The molecule has 3 aromatic rings. The molecule has 8 nitrogen and oxygen atoms in total. The Balaban J connectivity index is 1.55. The van der Waals surface area contributed by atoms with Crippen LogP contribution in [0.5, 0.6) is 0 Å². The number of rotatable bonds is 9. The van der Waals surface area contributed by atoms with Crippen molar-refractivity contribution in [2.75, 3.05) is 0 Å². The second-order valence-electron chi connectivity index (χ2n) is 10.1. The van der Waals surface area contributed by atoms with Gasteiger partial charge < -0.3 is 21.3 Å². The number of amides is 2. The molecule has 4 rings (SSSR count). The largest absolute Gasteiger partial charge is 0.391 e. The smallest absolute Gasteiger partial charge is 0.253 e. The molecule has 2 heterocycles. The normalized spacial score (nSPS) is 22.5. The lowest BCUT2D eigenvalue weighted by atomic mass is 9.70. The number of aromatic nitrogens is 2. The zero-order valence-corrected chi connectivity index (χ0v) is 20.5. The second kappa shape index (κ2) is 11.1. The van der Waals surface area contributed by atoms with Crippen molar-refractivity contribution in [1.29, 1.82) is 0 Å². The minimum Gasteiger partial charge on any atom is -0.391 e. The number of hydrogen-bond acceptors (Lipinski definition) is 6. The molecule has 36 heavy (non-hydrogen) atoms. The maximum Gasteiger partial charge on any atom is 0.253 e. The van der Waals surface area contributed by atoms with Gasteiger partial charge in [0.25, 0.3) is 5.91 Å². The average Bonchev–Trinajstić information content (AvgIpc) is 2.88. The van der Waals surface area contributed by atoms with E-state index < -0.39 is 35.5 Å². The second-order valence-corrected chi connectivity index (χ2v) is 10.1. The van der Waals surface area contributed by atoms with Crippen LogP contribution in [0, 0.1) is 11.8 Å². The van der Waals surface area contributed by atoms with Gasteiger partial charge in [-0.25, -0.2) is 9.97 Å². The highest BCUT2D eigenvalue weighted by Gasteiger charge is 2.44.